The standard InChI is InChI=1S/C9H15NO3/c1-7(8-2-3-13-6-8)10-4-9(12)5-11/h2-3,6-7,9-12H,4-5H2,1H3. The lowest BCUT2D eigenvalue weighted by Crippen LogP contribution is -2.31. The fourth-order valence-corrected chi connectivity index (χ4v) is 1.02. The highest BCUT2D eigenvalue weighted by Gasteiger charge is 2.08. The molecule has 0 spiro atoms. The monoisotopic (exact) mass is 185 g/mol. The zero-order chi connectivity index (χ0) is 9.68. The van der Waals surface area contributed by atoms with Crippen LogP contribution in [0.5, 0.6) is 0 Å². The van der Waals surface area contributed by atoms with E-state index in [1.165, 1.54) is 0 Å². The van der Waals surface area contributed by atoms with Gasteiger partial charge in [0.05, 0.1) is 25.2 Å². The third-order valence-electron chi connectivity index (χ3n) is 1.91. The SMILES string of the molecule is CC(NCC(O)CO)c1ccoc1. The summed E-state index contributed by atoms with van der Waals surface area (Å²) in [4.78, 5) is 0. The average Bonchev–Trinajstić information content (AvgIpc) is 2.66. The minimum absolute atomic E-state index is 0.125. The van der Waals surface area contributed by atoms with E-state index in [9.17, 15) is 0 Å². The molecule has 13 heavy (non-hydrogen) atoms. The normalized spacial score (nSPS) is 15.6. The molecular weight excluding hydrogens is 170 g/mol. The first kappa shape index (κ1) is 10.2. The van der Waals surface area contributed by atoms with Gasteiger partial charge in [-0.05, 0) is 13.0 Å². The second-order valence-electron chi connectivity index (χ2n) is 3.02. The number of hydrogen-bond donors (Lipinski definition) is 3. The van der Waals surface area contributed by atoms with E-state index in [1.807, 2.05) is 13.0 Å². The molecule has 0 aliphatic rings. The van der Waals surface area contributed by atoms with Gasteiger partial charge in [-0.2, -0.15) is 0 Å². The molecule has 0 aromatic carbocycles. The summed E-state index contributed by atoms with van der Waals surface area (Å²) in [6, 6.07) is 1.99. The molecule has 2 unspecified atom stereocenters. The third kappa shape index (κ3) is 3.18. The van der Waals surface area contributed by atoms with Crippen molar-refractivity contribution in [3.63, 3.8) is 0 Å². The average molecular weight is 185 g/mol. The summed E-state index contributed by atoms with van der Waals surface area (Å²) in [6.07, 6.45) is 2.56. The van der Waals surface area contributed by atoms with Crippen LogP contribution in [0.2, 0.25) is 0 Å². The molecule has 0 saturated heterocycles. The summed E-state index contributed by atoms with van der Waals surface area (Å²) in [5.41, 5.74) is 1.03. The molecule has 1 rings (SSSR count). The number of aliphatic hydroxyl groups excluding tert-OH is 2. The molecule has 0 aliphatic carbocycles. The van der Waals surface area contributed by atoms with E-state index < -0.39 is 6.10 Å². The molecule has 74 valence electrons. The fourth-order valence-electron chi connectivity index (χ4n) is 1.02. The van der Waals surface area contributed by atoms with Crippen LogP contribution in [0.3, 0.4) is 0 Å². The van der Waals surface area contributed by atoms with Gasteiger partial charge in [0.1, 0.15) is 0 Å². The first-order chi connectivity index (χ1) is 6.24. The maximum atomic E-state index is 9.07. The molecule has 3 N–H and O–H groups in total. The Balaban J connectivity index is 2.30. The van der Waals surface area contributed by atoms with Crippen LogP contribution in [0.4, 0.5) is 0 Å². The summed E-state index contributed by atoms with van der Waals surface area (Å²) < 4.78 is 4.92. The minimum atomic E-state index is -0.700. The highest BCUT2D eigenvalue weighted by molar-refractivity contribution is 5.10. The van der Waals surface area contributed by atoms with Crippen LogP contribution in [0.1, 0.15) is 18.5 Å². The van der Waals surface area contributed by atoms with Gasteiger partial charge in [0.15, 0.2) is 0 Å². The van der Waals surface area contributed by atoms with Crippen molar-refractivity contribution < 1.29 is 14.6 Å². The van der Waals surface area contributed by atoms with E-state index in [0.717, 1.165) is 5.56 Å². The van der Waals surface area contributed by atoms with Crippen LogP contribution >= 0.6 is 0 Å². The fraction of sp³-hybridized carbons (Fsp3) is 0.556. The van der Waals surface area contributed by atoms with Gasteiger partial charge in [-0.3, -0.25) is 0 Å². The molecule has 1 aromatic rings. The van der Waals surface area contributed by atoms with E-state index in [1.54, 1.807) is 12.5 Å². The lowest BCUT2D eigenvalue weighted by Gasteiger charge is -2.14. The molecular formula is C9H15NO3. The Morgan fingerprint density at radius 3 is 2.92 bits per heavy atom. The molecule has 0 fully saturated rings. The van der Waals surface area contributed by atoms with Crippen LogP contribution in [0.25, 0.3) is 0 Å². The van der Waals surface area contributed by atoms with E-state index in [2.05, 4.69) is 5.32 Å². The van der Waals surface area contributed by atoms with Crippen LogP contribution < -0.4 is 5.32 Å². The third-order valence-corrected chi connectivity index (χ3v) is 1.91. The number of hydrogen-bond acceptors (Lipinski definition) is 4. The number of furan rings is 1. The van der Waals surface area contributed by atoms with Gasteiger partial charge in [0.2, 0.25) is 0 Å². The second-order valence-corrected chi connectivity index (χ2v) is 3.02. The molecule has 0 saturated carbocycles. The summed E-state index contributed by atoms with van der Waals surface area (Å²) >= 11 is 0. The van der Waals surface area contributed by atoms with Gasteiger partial charge in [0.25, 0.3) is 0 Å². The molecule has 2 atom stereocenters. The largest absolute Gasteiger partial charge is 0.472 e. The molecule has 1 heterocycles. The molecule has 0 radical (unpaired) electrons. The number of nitrogens with one attached hydrogen (secondary N) is 1. The Labute approximate surface area is 77.2 Å². The molecule has 0 amide bonds. The highest BCUT2D eigenvalue weighted by atomic mass is 16.3. The Kier molecular flexibility index (Phi) is 3.95. The van der Waals surface area contributed by atoms with Crippen molar-refractivity contribution in [3.05, 3.63) is 24.2 Å². The van der Waals surface area contributed by atoms with Gasteiger partial charge >= 0.3 is 0 Å². The molecule has 0 aliphatic heterocycles. The molecule has 0 bridgehead atoms. The van der Waals surface area contributed by atoms with E-state index in [4.69, 9.17) is 14.6 Å². The van der Waals surface area contributed by atoms with Gasteiger partial charge in [-0.15, -0.1) is 0 Å². The number of aliphatic hydroxyl groups is 2. The predicted molar refractivity (Wildman–Crippen MR) is 48.2 cm³/mol. The zero-order valence-corrected chi connectivity index (χ0v) is 7.60. The van der Waals surface area contributed by atoms with Gasteiger partial charge in [-0.1, -0.05) is 0 Å². The second kappa shape index (κ2) is 5.01. The van der Waals surface area contributed by atoms with Crippen LogP contribution in [0.15, 0.2) is 23.0 Å². The minimum Gasteiger partial charge on any atom is -0.472 e. The van der Waals surface area contributed by atoms with Gasteiger partial charge < -0.3 is 19.9 Å². The van der Waals surface area contributed by atoms with E-state index in [-0.39, 0.29) is 12.6 Å². The topological polar surface area (TPSA) is 65.6 Å². The quantitative estimate of drug-likeness (QED) is 0.616. The maximum Gasteiger partial charge on any atom is 0.0950 e. The molecule has 4 heteroatoms. The zero-order valence-electron chi connectivity index (χ0n) is 7.60. The first-order valence-corrected chi connectivity index (χ1v) is 4.28. The lowest BCUT2D eigenvalue weighted by molar-refractivity contribution is 0.0923. The molecule has 1 aromatic heterocycles. The highest BCUT2D eigenvalue weighted by Crippen LogP contribution is 2.11. The van der Waals surface area contributed by atoms with Crippen LogP contribution in [-0.4, -0.2) is 29.5 Å². The molecule has 4 nitrogen and oxygen atoms in total. The van der Waals surface area contributed by atoms with E-state index >= 15 is 0 Å². The van der Waals surface area contributed by atoms with Crippen molar-refractivity contribution >= 4 is 0 Å². The van der Waals surface area contributed by atoms with Crippen molar-refractivity contribution in [3.8, 4) is 0 Å². The van der Waals surface area contributed by atoms with Gasteiger partial charge in [-0.25, -0.2) is 0 Å². The lowest BCUT2D eigenvalue weighted by atomic mass is 10.2. The Morgan fingerprint density at radius 2 is 2.38 bits per heavy atom. The summed E-state index contributed by atoms with van der Waals surface area (Å²) in [6.45, 7) is 2.13. The Morgan fingerprint density at radius 1 is 1.62 bits per heavy atom. The summed E-state index contributed by atoms with van der Waals surface area (Å²) in [5, 5.41) is 20.7. The van der Waals surface area contributed by atoms with Crippen molar-refractivity contribution in [1.82, 2.24) is 5.32 Å². The van der Waals surface area contributed by atoms with Crippen molar-refractivity contribution in [2.75, 3.05) is 13.2 Å². The van der Waals surface area contributed by atoms with Gasteiger partial charge in [0, 0.05) is 18.2 Å². The summed E-state index contributed by atoms with van der Waals surface area (Å²) in [5.74, 6) is 0. The predicted octanol–water partition coefficient (Wildman–Crippen LogP) is 0.283. The van der Waals surface area contributed by atoms with Crippen molar-refractivity contribution in [2.24, 2.45) is 0 Å². The van der Waals surface area contributed by atoms with Crippen molar-refractivity contribution in [2.45, 2.75) is 19.1 Å². The van der Waals surface area contributed by atoms with E-state index in [0.29, 0.717) is 6.54 Å². The maximum absolute atomic E-state index is 9.07. The Bertz CT molecular complexity index is 223. The smallest absolute Gasteiger partial charge is 0.0950 e. The van der Waals surface area contributed by atoms with Crippen LogP contribution in [-0.2, 0) is 0 Å². The van der Waals surface area contributed by atoms with Crippen LogP contribution in [0, 0.1) is 0 Å². The van der Waals surface area contributed by atoms with Crippen molar-refractivity contribution in [1.29, 1.82) is 0 Å². The first-order valence-electron chi connectivity index (χ1n) is 4.28. The Hall–Kier alpha value is -0.840. The summed E-state index contributed by atoms with van der Waals surface area (Å²) in [7, 11) is 0. The number of rotatable bonds is 5.